The van der Waals surface area contributed by atoms with Gasteiger partial charge in [-0.05, 0) is 4.92 Å². The van der Waals surface area contributed by atoms with Crippen molar-refractivity contribution < 1.29 is 9.72 Å². The first-order valence-corrected chi connectivity index (χ1v) is 5.25. The first kappa shape index (κ1) is 12.6. The molecule has 2 heterocycles. The Kier molecular flexibility index (Phi) is 3.19. The van der Waals surface area contributed by atoms with Crippen molar-refractivity contribution in [2.24, 2.45) is 7.05 Å². The van der Waals surface area contributed by atoms with Crippen molar-refractivity contribution in [1.29, 1.82) is 0 Å². The number of nitrogens with one attached hydrogen (secondary N) is 1. The van der Waals surface area contributed by atoms with Crippen molar-refractivity contribution in [1.82, 2.24) is 19.5 Å². The van der Waals surface area contributed by atoms with E-state index in [1.807, 2.05) is 0 Å². The van der Waals surface area contributed by atoms with Crippen LogP contribution < -0.4 is 5.32 Å². The summed E-state index contributed by atoms with van der Waals surface area (Å²) in [5.74, 6) is 0.138. The third kappa shape index (κ3) is 2.54. The van der Waals surface area contributed by atoms with Gasteiger partial charge in [-0.25, -0.2) is 19.5 Å². The zero-order chi connectivity index (χ0) is 14.0. The van der Waals surface area contributed by atoms with E-state index >= 15 is 0 Å². The molecule has 19 heavy (non-hydrogen) atoms. The minimum absolute atomic E-state index is 0.149. The average molecular weight is 262 g/mol. The number of nitro groups is 1. The summed E-state index contributed by atoms with van der Waals surface area (Å²) in [6.45, 7) is 1.37. The molecule has 9 nitrogen and oxygen atoms in total. The van der Waals surface area contributed by atoms with Crippen molar-refractivity contribution in [2.45, 2.75) is 6.92 Å². The van der Waals surface area contributed by atoms with E-state index in [9.17, 15) is 14.9 Å². The van der Waals surface area contributed by atoms with Gasteiger partial charge >= 0.3 is 5.82 Å². The maximum atomic E-state index is 10.8. The SMILES string of the molecule is CC(=O)Nc1cnc(-c2ncc([N+](=O)[O-])n2C)nc1. The highest BCUT2D eigenvalue weighted by atomic mass is 16.6. The van der Waals surface area contributed by atoms with Crippen molar-refractivity contribution in [2.75, 3.05) is 5.32 Å². The van der Waals surface area contributed by atoms with Crippen LogP contribution in [0.2, 0.25) is 0 Å². The highest BCUT2D eigenvalue weighted by Gasteiger charge is 2.19. The van der Waals surface area contributed by atoms with E-state index in [4.69, 9.17) is 0 Å². The maximum absolute atomic E-state index is 10.8. The van der Waals surface area contributed by atoms with Gasteiger partial charge in [0.1, 0.15) is 6.20 Å². The van der Waals surface area contributed by atoms with Gasteiger partial charge in [-0.2, -0.15) is 0 Å². The van der Waals surface area contributed by atoms with E-state index in [0.717, 1.165) is 6.20 Å². The van der Waals surface area contributed by atoms with Gasteiger partial charge in [-0.15, -0.1) is 0 Å². The van der Waals surface area contributed by atoms with E-state index in [-0.39, 0.29) is 23.4 Å². The number of rotatable bonds is 3. The van der Waals surface area contributed by atoms with E-state index < -0.39 is 4.92 Å². The van der Waals surface area contributed by atoms with Gasteiger partial charge in [-0.1, -0.05) is 0 Å². The molecule has 0 unspecified atom stereocenters. The first-order chi connectivity index (χ1) is 8.99. The largest absolute Gasteiger partial charge is 0.358 e. The smallest absolute Gasteiger partial charge is 0.343 e. The Labute approximate surface area is 107 Å². The quantitative estimate of drug-likeness (QED) is 0.644. The van der Waals surface area contributed by atoms with Gasteiger partial charge in [0.05, 0.1) is 25.1 Å². The molecule has 0 fully saturated rings. The molecule has 1 N–H and O–H groups in total. The van der Waals surface area contributed by atoms with E-state index in [2.05, 4.69) is 20.3 Å². The van der Waals surface area contributed by atoms with Gasteiger partial charge in [0, 0.05) is 6.92 Å². The maximum Gasteiger partial charge on any atom is 0.343 e. The van der Waals surface area contributed by atoms with Crippen LogP contribution in [-0.2, 0) is 11.8 Å². The second kappa shape index (κ2) is 4.80. The molecule has 2 rings (SSSR count). The molecule has 9 heteroatoms. The number of aromatic nitrogens is 4. The van der Waals surface area contributed by atoms with E-state index in [1.165, 1.54) is 30.9 Å². The summed E-state index contributed by atoms with van der Waals surface area (Å²) < 4.78 is 1.29. The lowest BCUT2D eigenvalue weighted by Crippen LogP contribution is -2.07. The van der Waals surface area contributed by atoms with Crippen LogP contribution in [0.3, 0.4) is 0 Å². The molecule has 0 atom stereocenters. The number of hydrogen-bond donors (Lipinski definition) is 1. The Hall–Kier alpha value is -2.84. The second-order valence-electron chi connectivity index (χ2n) is 3.73. The second-order valence-corrected chi connectivity index (χ2v) is 3.73. The lowest BCUT2D eigenvalue weighted by Gasteiger charge is -2.01. The lowest BCUT2D eigenvalue weighted by molar-refractivity contribution is -0.391. The molecule has 0 bridgehead atoms. The molecular formula is C10H10N6O3. The fraction of sp³-hybridized carbons (Fsp3) is 0.200. The minimum atomic E-state index is -0.540. The molecule has 98 valence electrons. The summed E-state index contributed by atoms with van der Waals surface area (Å²) in [6, 6.07) is 0. The van der Waals surface area contributed by atoms with Crippen LogP contribution in [0.1, 0.15) is 6.92 Å². The fourth-order valence-electron chi connectivity index (χ4n) is 1.49. The molecule has 0 aromatic carbocycles. The summed E-state index contributed by atoms with van der Waals surface area (Å²) in [7, 11) is 1.51. The Morgan fingerprint density at radius 2 is 1.95 bits per heavy atom. The molecule has 0 aliphatic heterocycles. The van der Waals surface area contributed by atoms with Gasteiger partial charge < -0.3 is 15.4 Å². The van der Waals surface area contributed by atoms with Gasteiger partial charge in [0.25, 0.3) is 5.82 Å². The zero-order valence-corrected chi connectivity index (χ0v) is 10.2. The van der Waals surface area contributed by atoms with Crippen LogP contribution >= 0.6 is 0 Å². The molecule has 0 radical (unpaired) electrons. The molecule has 0 saturated heterocycles. The summed E-state index contributed by atoms with van der Waals surface area (Å²) >= 11 is 0. The minimum Gasteiger partial charge on any atom is -0.358 e. The highest BCUT2D eigenvalue weighted by molar-refractivity contribution is 5.88. The number of carbonyl (C=O) groups excluding carboxylic acids is 1. The predicted octanol–water partition coefficient (Wildman–Crippen LogP) is 0.744. The standard InChI is InChI=1S/C10H10N6O3/c1-6(17)14-7-3-11-9(12-4-7)10-13-5-8(15(10)2)16(18)19/h3-5H,1-2H3,(H,14,17). The average Bonchev–Trinajstić information content (AvgIpc) is 2.71. The van der Waals surface area contributed by atoms with Crippen LogP contribution in [-0.4, -0.2) is 30.3 Å². The van der Waals surface area contributed by atoms with E-state index in [0.29, 0.717) is 5.69 Å². The first-order valence-electron chi connectivity index (χ1n) is 5.25. The summed E-state index contributed by atoms with van der Waals surface area (Å²) in [5.41, 5.74) is 0.444. The number of hydrogen-bond acceptors (Lipinski definition) is 6. The zero-order valence-electron chi connectivity index (χ0n) is 10.2. The molecule has 2 aromatic heterocycles. The van der Waals surface area contributed by atoms with Crippen molar-refractivity contribution in [3.8, 4) is 11.6 Å². The third-order valence-electron chi connectivity index (χ3n) is 2.32. The lowest BCUT2D eigenvalue weighted by atomic mass is 10.4. The summed E-state index contributed by atoms with van der Waals surface area (Å²) in [6.07, 6.45) is 3.95. The molecule has 0 spiro atoms. The van der Waals surface area contributed by atoms with Crippen molar-refractivity contribution in [3.05, 3.63) is 28.7 Å². The third-order valence-corrected chi connectivity index (χ3v) is 2.32. The summed E-state index contributed by atoms with van der Waals surface area (Å²) in [4.78, 5) is 32.9. The number of nitrogens with zero attached hydrogens (tertiary/aromatic N) is 5. The molecule has 2 aromatic rings. The molecule has 0 aliphatic carbocycles. The number of carbonyl (C=O) groups is 1. The summed E-state index contributed by atoms with van der Waals surface area (Å²) in [5, 5.41) is 13.2. The van der Waals surface area contributed by atoms with E-state index in [1.54, 1.807) is 0 Å². The molecule has 0 aliphatic rings. The van der Waals surface area contributed by atoms with Crippen molar-refractivity contribution >= 4 is 17.4 Å². The van der Waals surface area contributed by atoms with Crippen LogP contribution in [0.25, 0.3) is 11.6 Å². The van der Waals surface area contributed by atoms with Crippen LogP contribution in [0.4, 0.5) is 11.5 Å². The molecule has 1 amide bonds. The molecular weight excluding hydrogens is 252 g/mol. The number of imidazole rings is 1. The topological polar surface area (TPSA) is 116 Å². The normalized spacial score (nSPS) is 10.2. The Balaban J connectivity index is 2.32. The molecule has 0 saturated carbocycles. The number of amides is 1. The Bertz CT molecular complexity index is 633. The fourth-order valence-corrected chi connectivity index (χ4v) is 1.49. The Morgan fingerprint density at radius 1 is 1.32 bits per heavy atom. The number of anilines is 1. The van der Waals surface area contributed by atoms with Gasteiger partial charge in [-0.3, -0.25) is 4.79 Å². The van der Waals surface area contributed by atoms with Crippen molar-refractivity contribution in [3.63, 3.8) is 0 Å². The van der Waals surface area contributed by atoms with Gasteiger partial charge in [0.2, 0.25) is 11.7 Å². The van der Waals surface area contributed by atoms with Crippen LogP contribution in [0, 0.1) is 10.1 Å². The Morgan fingerprint density at radius 3 is 2.42 bits per heavy atom. The van der Waals surface area contributed by atoms with Crippen LogP contribution in [0.15, 0.2) is 18.6 Å². The van der Waals surface area contributed by atoms with Crippen LogP contribution in [0.5, 0.6) is 0 Å². The highest BCUT2D eigenvalue weighted by Crippen LogP contribution is 2.19. The predicted molar refractivity (Wildman–Crippen MR) is 65.2 cm³/mol. The van der Waals surface area contributed by atoms with Gasteiger partial charge in [0.15, 0.2) is 0 Å². The monoisotopic (exact) mass is 262 g/mol.